The monoisotopic (exact) mass is 275 g/mol. The van der Waals surface area contributed by atoms with E-state index in [1.807, 2.05) is 0 Å². The largest absolute Gasteiger partial charge is 0.383 e. The van der Waals surface area contributed by atoms with Crippen molar-refractivity contribution in [2.45, 2.75) is 0 Å². The number of anilines is 1. The Hall–Kier alpha value is -2.63. The quantitative estimate of drug-likeness (QED) is 0.693. The van der Waals surface area contributed by atoms with Crippen LogP contribution in [-0.4, -0.2) is 9.97 Å². The number of aromatic nitrogens is 2. The van der Waals surface area contributed by atoms with E-state index in [0.717, 1.165) is 12.1 Å². The van der Waals surface area contributed by atoms with Gasteiger partial charge in [0.05, 0.1) is 5.52 Å². The number of hydrogen-bond acceptors (Lipinski definition) is 3. The third-order valence-corrected chi connectivity index (χ3v) is 2.87. The molecule has 0 unspecified atom stereocenters. The summed E-state index contributed by atoms with van der Waals surface area (Å²) in [7, 11) is 0. The lowest BCUT2D eigenvalue weighted by atomic mass is 10.1. The number of halogens is 3. The van der Waals surface area contributed by atoms with E-state index < -0.39 is 17.5 Å². The molecule has 0 aliphatic heterocycles. The summed E-state index contributed by atoms with van der Waals surface area (Å²) >= 11 is 0. The number of nitrogens with zero attached hydrogens (tertiary/aromatic N) is 2. The first-order valence-corrected chi connectivity index (χ1v) is 5.73. The van der Waals surface area contributed by atoms with E-state index in [2.05, 4.69) is 9.97 Å². The van der Waals surface area contributed by atoms with Gasteiger partial charge in [0.1, 0.15) is 5.82 Å². The van der Waals surface area contributed by atoms with Crippen LogP contribution < -0.4 is 5.73 Å². The molecule has 0 bridgehead atoms. The SMILES string of the molecule is Nc1nc(-c2cc(F)c(F)c(F)c2)nc2ccccc12. The standard InChI is InChI=1S/C14H8F3N3/c15-9-5-7(6-10(16)12(9)17)14-19-11-4-2-1-3-8(11)13(18)20-14/h1-6H,(H2,18,19,20). The number of hydrogen-bond donors (Lipinski definition) is 1. The molecular weight excluding hydrogens is 267 g/mol. The van der Waals surface area contributed by atoms with E-state index in [4.69, 9.17) is 5.73 Å². The molecule has 0 radical (unpaired) electrons. The second-order valence-electron chi connectivity index (χ2n) is 4.20. The fraction of sp³-hybridized carbons (Fsp3) is 0. The summed E-state index contributed by atoms with van der Waals surface area (Å²) in [5.74, 6) is -3.89. The van der Waals surface area contributed by atoms with E-state index in [-0.39, 0.29) is 17.2 Å². The molecule has 0 aliphatic carbocycles. The number of rotatable bonds is 1. The van der Waals surface area contributed by atoms with Gasteiger partial charge in [-0.25, -0.2) is 23.1 Å². The molecule has 6 heteroatoms. The molecule has 0 atom stereocenters. The molecule has 1 aromatic heterocycles. The van der Waals surface area contributed by atoms with Crippen molar-refractivity contribution in [3.8, 4) is 11.4 Å². The third kappa shape index (κ3) is 1.95. The van der Waals surface area contributed by atoms with E-state index >= 15 is 0 Å². The lowest BCUT2D eigenvalue weighted by molar-refractivity contribution is 0.447. The predicted octanol–water partition coefficient (Wildman–Crippen LogP) is 3.30. The summed E-state index contributed by atoms with van der Waals surface area (Å²) in [5.41, 5.74) is 6.36. The fourth-order valence-corrected chi connectivity index (χ4v) is 1.91. The fourth-order valence-electron chi connectivity index (χ4n) is 1.91. The molecule has 0 amide bonds. The first-order chi connectivity index (χ1) is 9.56. The smallest absolute Gasteiger partial charge is 0.194 e. The maximum absolute atomic E-state index is 13.2. The van der Waals surface area contributed by atoms with Crippen molar-refractivity contribution in [1.82, 2.24) is 9.97 Å². The minimum atomic E-state index is -1.53. The van der Waals surface area contributed by atoms with Gasteiger partial charge in [-0.05, 0) is 24.3 Å². The van der Waals surface area contributed by atoms with Gasteiger partial charge >= 0.3 is 0 Å². The molecule has 1 heterocycles. The van der Waals surface area contributed by atoms with Crippen LogP contribution in [0.3, 0.4) is 0 Å². The van der Waals surface area contributed by atoms with E-state index in [0.29, 0.717) is 10.9 Å². The second kappa shape index (κ2) is 4.48. The van der Waals surface area contributed by atoms with E-state index in [9.17, 15) is 13.2 Å². The highest BCUT2D eigenvalue weighted by Gasteiger charge is 2.14. The van der Waals surface area contributed by atoms with Crippen LogP contribution in [-0.2, 0) is 0 Å². The molecule has 0 aliphatic rings. The minimum Gasteiger partial charge on any atom is -0.383 e. The van der Waals surface area contributed by atoms with Gasteiger partial charge in [-0.2, -0.15) is 0 Å². The zero-order valence-corrected chi connectivity index (χ0v) is 10.1. The van der Waals surface area contributed by atoms with Crippen LogP contribution in [0.4, 0.5) is 19.0 Å². The van der Waals surface area contributed by atoms with Gasteiger partial charge in [-0.1, -0.05) is 12.1 Å². The molecule has 2 aromatic carbocycles. The van der Waals surface area contributed by atoms with Crippen molar-refractivity contribution in [1.29, 1.82) is 0 Å². The van der Waals surface area contributed by atoms with Gasteiger partial charge in [-0.3, -0.25) is 0 Å². The van der Waals surface area contributed by atoms with Crippen LogP contribution >= 0.6 is 0 Å². The Labute approximate surface area is 111 Å². The molecule has 0 saturated carbocycles. The maximum atomic E-state index is 13.2. The topological polar surface area (TPSA) is 51.8 Å². The highest BCUT2D eigenvalue weighted by atomic mass is 19.2. The lowest BCUT2D eigenvalue weighted by Crippen LogP contribution is -1.99. The number of benzene rings is 2. The normalized spacial score (nSPS) is 10.9. The van der Waals surface area contributed by atoms with Gasteiger partial charge in [-0.15, -0.1) is 0 Å². The summed E-state index contributed by atoms with van der Waals surface area (Å²) in [6.07, 6.45) is 0. The van der Waals surface area contributed by atoms with E-state index in [1.165, 1.54) is 0 Å². The Kier molecular flexibility index (Phi) is 2.78. The van der Waals surface area contributed by atoms with Crippen LogP contribution in [0, 0.1) is 17.5 Å². The number of para-hydroxylation sites is 1. The van der Waals surface area contributed by atoms with Gasteiger partial charge in [0.2, 0.25) is 0 Å². The van der Waals surface area contributed by atoms with Crippen LogP contribution in [0.25, 0.3) is 22.3 Å². The number of fused-ring (bicyclic) bond motifs is 1. The summed E-state index contributed by atoms with van der Waals surface area (Å²) in [4.78, 5) is 8.17. The Balaban J connectivity index is 2.25. The summed E-state index contributed by atoms with van der Waals surface area (Å²) < 4.78 is 39.4. The molecule has 20 heavy (non-hydrogen) atoms. The lowest BCUT2D eigenvalue weighted by Gasteiger charge is -2.06. The third-order valence-electron chi connectivity index (χ3n) is 2.87. The summed E-state index contributed by atoms with van der Waals surface area (Å²) in [6.45, 7) is 0. The predicted molar refractivity (Wildman–Crippen MR) is 69.3 cm³/mol. The van der Waals surface area contributed by atoms with Crippen molar-refractivity contribution in [3.63, 3.8) is 0 Å². The molecule has 0 spiro atoms. The van der Waals surface area contributed by atoms with Crippen molar-refractivity contribution in [2.24, 2.45) is 0 Å². The average Bonchev–Trinajstić information content (AvgIpc) is 2.44. The molecular formula is C14H8F3N3. The van der Waals surface area contributed by atoms with Crippen LogP contribution in [0.15, 0.2) is 36.4 Å². The first kappa shape index (κ1) is 12.4. The van der Waals surface area contributed by atoms with Gasteiger partial charge < -0.3 is 5.73 Å². The Bertz CT molecular complexity index is 795. The van der Waals surface area contributed by atoms with Crippen LogP contribution in [0.2, 0.25) is 0 Å². The number of nitrogens with two attached hydrogens (primary N) is 1. The molecule has 0 saturated heterocycles. The summed E-state index contributed by atoms with van der Waals surface area (Å²) in [6, 6.07) is 8.64. The minimum absolute atomic E-state index is 0.0267. The van der Waals surface area contributed by atoms with Gasteiger partial charge in [0, 0.05) is 10.9 Å². The van der Waals surface area contributed by atoms with Crippen LogP contribution in [0.5, 0.6) is 0 Å². The molecule has 100 valence electrons. The van der Waals surface area contributed by atoms with Crippen molar-refractivity contribution < 1.29 is 13.2 Å². The second-order valence-corrected chi connectivity index (χ2v) is 4.20. The summed E-state index contributed by atoms with van der Waals surface area (Å²) in [5, 5.41) is 0.638. The molecule has 0 fully saturated rings. The molecule has 3 nitrogen and oxygen atoms in total. The Morgan fingerprint density at radius 2 is 1.55 bits per heavy atom. The van der Waals surface area contributed by atoms with Gasteiger partial charge in [0.15, 0.2) is 23.3 Å². The zero-order chi connectivity index (χ0) is 14.3. The highest BCUT2D eigenvalue weighted by molar-refractivity contribution is 5.89. The zero-order valence-electron chi connectivity index (χ0n) is 10.1. The Morgan fingerprint density at radius 1 is 0.900 bits per heavy atom. The highest BCUT2D eigenvalue weighted by Crippen LogP contribution is 2.25. The average molecular weight is 275 g/mol. The first-order valence-electron chi connectivity index (χ1n) is 5.73. The number of nitrogen functional groups attached to an aromatic ring is 1. The van der Waals surface area contributed by atoms with Crippen molar-refractivity contribution in [2.75, 3.05) is 5.73 Å². The van der Waals surface area contributed by atoms with Crippen molar-refractivity contribution >= 4 is 16.7 Å². The molecule has 2 N–H and O–H groups in total. The Morgan fingerprint density at radius 3 is 2.25 bits per heavy atom. The van der Waals surface area contributed by atoms with E-state index in [1.54, 1.807) is 24.3 Å². The van der Waals surface area contributed by atoms with Gasteiger partial charge in [0.25, 0.3) is 0 Å². The maximum Gasteiger partial charge on any atom is 0.194 e. The molecule has 3 aromatic rings. The molecule has 3 rings (SSSR count). The van der Waals surface area contributed by atoms with Crippen molar-refractivity contribution in [3.05, 3.63) is 53.8 Å². The van der Waals surface area contributed by atoms with Crippen LogP contribution in [0.1, 0.15) is 0 Å².